The zero-order chi connectivity index (χ0) is 12.8. The summed E-state index contributed by atoms with van der Waals surface area (Å²) >= 11 is 0. The van der Waals surface area contributed by atoms with Gasteiger partial charge in [-0.3, -0.25) is 4.79 Å². The highest BCUT2D eigenvalue weighted by Crippen LogP contribution is 2.13. The molecule has 0 saturated heterocycles. The Bertz CT molecular complexity index is 357. The van der Waals surface area contributed by atoms with E-state index in [4.69, 9.17) is 5.73 Å². The van der Waals surface area contributed by atoms with Crippen molar-refractivity contribution in [1.29, 1.82) is 0 Å². The average Bonchev–Trinajstić information content (AvgIpc) is 2.28. The Kier molecular flexibility index (Phi) is 5.16. The second-order valence-corrected chi connectivity index (χ2v) is 4.57. The predicted octanol–water partition coefficient (Wildman–Crippen LogP) is 2.16. The van der Waals surface area contributed by atoms with Crippen LogP contribution in [0, 0.1) is 0 Å². The normalized spacial score (nSPS) is 14.1. The number of amides is 1. The van der Waals surface area contributed by atoms with Crippen LogP contribution in [0.25, 0.3) is 0 Å². The van der Waals surface area contributed by atoms with Gasteiger partial charge in [0.05, 0.1) is 6.04 Å². The molecule has 3 heteroatoms. The van der Waals surface area contributed by atoms with Gasteiger partial charge in [-0.25, -0.2) is 0 Å². The van der Waals surface area contributed by atoms with Crippen LogP contribution in [0.2, 0.25) is 0 Å². The molecule has 1 rings (SSSR count). The van der Waals surface area contributed by atoms with Crippen LogP contribution in [0.15, 0.2) is 24.3 Å². The lowest BCUT2D eigenvalue weighted by Crippen LogP contribution is -2.31. The van der Waals surface area contributed by atoms with Crippen LogP contribution in [0.4, 0.5) is 0 Å². The van der Waals surface area contributed by atoms with Gasteiger partial charge in [-0.1, -0.05) is 31.2 Å². The van der Waals surface area contributed by atoms with Crippen LogP contribution < -0.4 is 11.1 Å². The van der Waals surface area contributed by atoms with Gasteiger partial charge >= 0.3 is 0 Å². The van der Waals surface area contributed by atoms with Gasteiger partial charge in [0.15, 0.2) is 0 Å². The molecule has 0 aromatic heterocycles. The number of nitrogens with two attached hydrogens (primary N) is 1. The smallest absolute Gasteiger partial charge is 0.222 e. The molecule has 0 heterocycles. The van der Waals surface area contributed by atoms with E-state index in [2.05, 4.69) is 36.5 Å². The molecule has 0 fully saturated rings. The van der Waals surface area contributed by atoms with Gasteiger partial charge in [0.1, 0.15) is 0 Å². The van der Waals surface area contributed by atoms with Gasteiger partial charge in [-0.2, -0.15) is 0 Å². The third-order valence-electron chi connectivity index (χ3n) is 2.77. The van der Waals surface area contributed by atoms with Gasteiger partial charge < -0.3 is 11.1 Å². The van der Waals surface area contributed by atoms with E-state index in [1.165, 1.54) is 5.56 Å². The predicted molar refractivity (Wildman–Crippen MR) is 70.6 cm³/mol. The monoisotopic (exact) mass is 234 g/mol. The van der Waals surface area contributed by atoms with Crippen LogP contribution >= 0.6 is 0 Å². The molecule has 94 valence electrons. The van der Waals surface area contributed by atoms with Crippen molar-refractivity contribution in [3.63, 3.8) is 0 Å². The van der Waals surface area contributed by atoms with Crippen molar-refractivity contribution < 1.29 is 4.79 Å². The molecule has 0 spiro atoms. The fourth-order valence-electron chi connectivity index (χ4n) is 1.72. The number of benzene rings is 1. The van der Waals surface area contributed by atoms with Crippen molar-refractivity contribution in [3.8, 4) is 0 Å². The van der Waals surface area contributed by atoms with Crippen molar-refractivity contribution in [2.24, 2.45) is 5.73 Å². The van der Waals surface area contributed by atoms with Gasteiger partial charge in [0, 0.05) is 12.5 Å². The first-order chi connectivity index (χ1) is 8.02. The summed E-state index contributed by atoms with van der Waals surface area (Å²) in [7, 11) is 0. The Hall–Kier alpha value is -1.35. The SMILES string of the molecule is CCc1ccc(C(C)NC(=O)CC(C)N)cc1. The molecule has 2 unspecified atom stereocenters. The molecule has 1 amide bonds. The molecule has 1 aromatic carbocycles. The van der Waals surface area contributed by atoms with E-state index >= 15 is 0 Å². The summed E-state index contributed by atoms with van der Waals surface area (Å²) in [6, 6.07) is 8.27. The van der Waals surface area contributed by atoms with E-state index in [0.29, 0.717) is 6.42 Å². The summed E-state index contributed by atoms with van der Waals surface area (Å²) in [5.41, 5.74) is 8.02. The first-order valence-electron chi connectivity index (χ1n) is 6.16. The fraction of sp³-hybridized carbons (Fsp3) is 0.500. The summed E-state index contributed by atoms with van der Waals surface area (Å²) in [5, 5.41) is 2.95. The maximum absolute atomic E-state index is 11.6. The summed E-state index contributed by atoms with van der Waals surface area (Å²) in [6.45, 7) is 5.95. The van der Waals surface area contributed by atoms with E-state index in [1.54, 1.807) is 0 Å². The van der Waals surface area contributed by atoms with Crippen LogP contribution in [0.5, 0.6) is 0 Å². The molecular weight excluding hydrogens is 212 g/mol. The summed E-state index contributed by atoms with van der Waals surface area (Å²) in [5.74, 6) is 0.00654. The summed E-state index contributed by atoms with van der Waals surface area (Å²) < 4.78 is 0. The van der Waals surface area contributed by atoms with Crippen LogP contribution in [0.1, 0.15) is 44.4 Å². The van der Waals surface area contributed by atoms with Gasteiger partial charge in [0.2, 0.25) is 5.91 Å². The van der Waals surface area contributed by atoms with E-state index in [0.717, 1.165) is 12.0 Å². The number of carbonyl (C=O) groups is 1. The molecule has 0 aliphatic heterocycles. The van der Waals surface area contributed by atoms with Crippen LogP contribution in [0.3, 0.4) is 0 Å². The van der Waals surface area contributed by atoms with Crippen molar-refractivity contribution in [2.75, 3.05) is 0 Å². The number of aryl methyl sites for hydroxylation is 1. The standard InChI is InChI=1S/C14H22N2O/c1-4-12-5-7-13(8-6-12)11(3)16-14(17)9-10(2)15/h5-8,10-11H,4,9,15H2,1-3H3,(H,16,17). The maximum atomic E-state index is 11.6. The average molecular weight is 234 g/mol. The van der Waals surface area contributed by atoms with Crippen LogP contribution in [-0.4, -0.2) is 11.9 Å². The van der Waals surface area contributed by atoms with Crippen molar-refractivity contribution in [2.45, 2.75) is 45.7 Å². The summed E-state index contributed by atoms with van der Waals surface area (Å²) in [6.07, 6.45) is 1.41. The Morgan fingerprint density at radius 3 is 2.35 bits per heavy atom. The highest BCUT2D eigenvalue weighted by atomic mass is 16.1. The Labute approximate surface area is 103 Å². The van der Waals surface area contributed by atoms with Crippen molar-refractivity contribution in [1.82, 2.24) is 5.32 Å². The molecule has 2 atom stereocenters. The maximum Gasteiger partial charge on any atom is 0.222 e. The molecule has 0 radical (unpaired) electrons. The third kappa shape index (κ3) is 4.57. The fourth-order valence-corrected chi connectivity index (χ4v) is 1.72. The third-order valence-corrected chi connectivity index (χ3v) is 2.77. The molecule has 0 aliphatic carbocycles. The molecule has 17 heavy (non-hydrogen) atoms. The Morgan fingerprint density at radius 2 is 1.88 bits per heavy atom. The largest absolute Gasteiger partial charge is 0.350 e. The van der Waals surface area contributed by atoms with E-state index in [9.17, 15) is 4.79 Å². The zero-order valence-electron chi connectivity index (χ0n) is 10.9. The summed E-state index contributed by atoms with van der Waals surface area (Å²) in [4.78, 5) is 11.6. The first-order valence-corrected chi connectivity index (χ1v) is 6.16. The number of rotatable bonds is 5. The van der Waals surface area contributed by atoms with Crippen molar-refractivity contribution >= 4 is 5.91 Å². The minimum atomic E-state index is -0.0929. The van der Waals surface area contributed by atoms with Gasteiger partial charge in [-0.05, 0) is 31.4 Å². The molecule has 0 bridgehead atoms. The number of carbonyl (C=O) groups excluding carboxylic acids is 1. The lowest BCUT2D eigenvalue weighted by Gasteiger charge is -2.15. The molecule has 0 aliphatic rings. The Morgan fingerprint density at radius 1 is 1.29 bits per heavy atom. The minimum Gasteiger partial charge on any atom is -0.350 e. The van der Waals surface area contributed by atoms with E-state index in [-0.39, 0.29) is 18.0 Å². The lowest BCUT2D eigenvalue weighted by molar-refractivity contribution is -0.122. The zero-order valence-corrected chi connectivity index (χ0v) is 10.9. The number of nitrogens with one attached hydrogen (secondary N) is 1. The highest BCUT2D eigenvalue weighted by molar-refractivity contribution is 5.76. The quantitative estimate of drug-likeness (QED) is 0.820. The molecule has 1 aromatic rings. The first kappa shape index (κ1) is 13.7. The highest BCUT2D eigenvalue weighted by Gasteiger charge is 2.10. The second kappa shape index (κ2) is 6.40. The van der Waals surface area contributed by atoms with Crippen molar-refractivity contribution in [3.05, 3.63) is 35.4 Å². The molecule has 3 N–H and O–H groups in total. The molecule has 0 saturated carbocycles. The van der Waals surface area contributed by atoms with Gasteiger partial charge in [-0.15, -0.1) is 0 Å². The lowest BCUT2D eigenvalue weighted by atomic mass is 10.0. The number of hydrogen-bond donors (Lipinski definition) is 2. The van der Waals surface area contributed by atoms with Gasteiger partial charge in [0.25, 0.3) is 0 Å². The van der Waals surface area contributed by atoms with Crippen LogP contribution in [-0.2, 0) is 11.2 Å². The Balaban J connectivity index is 2.56. The second-order valence-electron chi connectivity index (χ2n) is 4.57. The van der Waals surface area contributed by atoms with E-state index < -0.39 is 0 Å². The molecular formula is C14H22N2O. The topological polar surface area (TPSA) is 55.1 Å². The minimum absolute atomic E-state index is 0.00654. The number of hydrogen-bond acceptors (Lipinski definition) is 2. The molecule has 3 nitrogen and oxygen atoms in total. The van der Waals surface area contributed by atoms with E-state index in [1.807, 2.05) is 13.8 Å².